The predicted octanol–water partition coefficient (Wildman–Crippen LogP) is 3.12. The maximum Gasteiger partial charge on any atom is 0.276 e. The normalized spacial score (nSPS) is 11.4. The third-order valence-electron chi connectivity index (χ3n) is 3.49. The molecule has 0 bridgehead atoms. The van der Waals surface area contributed by atoms with Crippen molar-refractivity contribution >= 4 is 48.8 Å². The van der Waals surface area contributed by atoms with Gasteiger partial charge in [0, 0.05) is 20.3 Å². The first-order valence-corrected chi connectivity index (χ1v) is 8.36. The topological polar surface area (TPSA) is 51.0 Å². The Morgan fingerprint density at radius 3 is 2.82 bits per heavy atom. The number of thiophene rings is 2. The zero-order valence-corrected chi connectivity index (χ0v) is 13.6. The summed E-state index contributed by atoms with van der Waals surface area (Å²) in [6, 6.07) is 5.78. The SMILES string of the molecule is CN(C)c1ccnc2sc3c(=O)n(-c4cccs4)cnc3c12. The van der Waals surface area contributed by atoms with Gasteiger partial charge in [0.25, 0.3) is 5.56 Å². The minimum atomic E-state index is -0.0415. The molecule has 0 aromatic carbocycles. The first-order valence-electron chi connectivity index (χ1n) is 6.67. The molecular formula is C15H12N4OS2. The van der Waals surface area contributed by atoms with Crippen LogP contribution < -0.4 is 10.5 Å². The Labute approximate surface area is 134 Å². The van der Waals surface area contributed by atoms with E-state index in [1.165, 1.54) is 22.7 Å². The van der Waals surface area contributed by atoms with Gasteiger partial charge in [-0.1, -0.05) is 0 Å². The number of hydrogen-bond acceptors (Lipinski definition) is 6. The molecule has 7 heteroatoms. The van der Waals surface area contributed by atoms with Gasteiger partial charge in [0.2, 0.25) is 0 Å². The first-order chi connectivity index (χ1) is 10.7. The van der Waals surface area contributed by atoms with Crippen LogP contribution in [0, 0.1) is 0 Å². The highest BCUT2D eigenvalue weighted by atomic mass is 32.1. The van der Waals surface area contributed by atoms with Crippen molar-refractivity contribution in [3.63, 3.8) is 0 Å². The van der Waals surface area contributed by atoms with Gasteiger partial charge >= 0.3 is 0 Å². The molecule has 0 atom stereocenters. The van der Waals surface area contributed by atoms with Gasteiger partial charge in [0.1, 0.15) is 26.4 Å². The Hall–Kier alpha value is -2.25. The molecule has 0 amide bonds. The van der Waals surface area contributed by atoms with Crippen molar-refractivity contribution < 1.29 is 0 Å². The van der Waals surface area contributed by atoms with Gasteiger partial charge in [0.05, 0.1) is 11.1 Å². The molecule has 4 aromatic rings. The summed E-state index contributed by atoms with van der Waals surface area (Å²) in [7, 11) is 3.95. The van der Waals surface area contributed by atoms with Crippen LogP contribution in [0.4, 0.5) is 5.69 Å². The van der Waals surface area contributed by atoms with Crippen LogP contribution in [0.15, 0.2) is 40.9 Å². The minimum absolute atomic E-state index is 0.0415. The van der Waals surface area contributed by atoms with Crippen LogP contribution in [0.1, 0.15) is 0 Å². The van der Waals surface area contributed by atoms with Crippen LogP contribution in [0.5, 0.6) is 0 Å². The second-order valence-corrected chi connectivity index (χ2v) is 6.98. The summed E-state index contributed by atoms with van der Waals surface area (Å²) in [4.78, 5) is 24.6. The fourth-order valence-corrected chi connectivity index (χ4v) is 4.22. The molecule has 4 aromatic heterocycles. The molecule has 0 unspecified atom stereocenters. The molecule has 0 N–H and O–H groups in total. The number of aromatic nitrogens is 3. The molecule has 5 nitrogen and oxygen atoms in total. The van der Waals surface area contributed by atoms with Crippen molar-refractivity contribution in [1.29, 1.82) is 0 Å². The molecule has 0 spiro atoms. The van der Waals surface area contributed by atoms with E-state index in [1.54, 1.807) is 17.1 Å². The number of hydrogen-bond donors (Lipinski definition) is 0. The zero-order chi connectivity index (χ0) is 15.3. The summed E-state index contributed by atoms with van der Waals surface area (Å²) in [5.74, 6) is 0. The van der Waals surface area contributed by atoms with E-state index in [0.717, 1.165) is 26.4 Å². The third kappa shape index (κ3) is 1.86. The summed E-state index contributed by atoms with van der Waals surface area (Å²) in [6.07, 6.45) is 3.37. The van der Waals surface area contributed by atoms with Crippen molar-refractivity contribution in [2.24, 2.45) is 0 Å². The molecule has 110 valence electrons. The monoisotopic (exact) mass is 328 g/mol. The van der Waals surface area contributed by atoms with E-state index in [2.05, 4.69) is 9.97 Å². The molecule has 4 rings (SSSR count). The average Bonchev–Trinajstić information content (AvgIpc) is 3.14. The van der Waals surface area contributed by atoms with Gasteiger partial charge in [0.15, 0.2) is 0 Å². The summed E-state index contributed by atoms with van der Waals surface area (Å²) >= 11 is 2.92. The molecule has 0 aliphatic heterocycles. The highest BCUT2D eigenvalue weighted by Crippen LogP contribution is 2.35. The molecule has 0 aliphatic rings. The molecule has 0 radical (unpaired) electrons. The van der Waals surface area contributed by atoms with Gasteiger partial charge in [-0.15, -0.1) is 22.7 Å². The van der Waals surface area contributed by atoms with Crippen LogP contribution in [-0.4, -0.2) is 28.6 Å². The van der Waals surface area contributed by atoms with Gasteiger partial charge < -0.3 is 4.90 Å². The molecule has 22 heavy (non-hydrogen) atoms. The van der Waals surface area contributed by atoms with Crippen LogP contribution in [-0.2, 0) is 0 Å². The summed E-state index contributed by atoms with van der Waals surface area (Å²) in [5, 5.41) is 3.77. The first kappa shape index (κ1) is 13.4. The van der Waals surface area contributed by atoms with Crippen LogP contribution >= 0.6 is 22.7 Å². The zero-order valence-electron chi connectivity index (χ0n) is 12.0. The van der Waals surface area contributed by atoms with E-state index in [4.69, 9.17) is 0 Å². The Morgan fingerprint density at radius 2 is 2.09 bits per heavy atom. The lowest BCUT2D eigenvalue weighted by Gasteiger charge is -2.13. The second kappa shape index (κ2) is 4.89. The van der Waals surface area contributed by atoms with Gasteiger partial charge in [-0.2, -0.15) is 0 Å². The Morgan fingerprint density at radius 1 is 1.23 bits per heavy atom. The molecule has 0 aliphatic carbocycles. The van der Waals surface area contributed by atoms with Gasteiger partial charge in [-0.3, -0.25) is 9.36 Å². The van der Waals surface area contributed by atoms with Crippen molar-refractivity contribution in [3.8, 4) is 5.00 Å². The predicted molar refractivity (Wildman–Crippen MR) is 92.7 cm³/mol. The van der Waals surface area contributed by atoms with Gasteiger partial charge in [-0.05, 0) is 23.6 Å². The lowest BCUT2D eigenvalue weighted by molar-refractivity contribution is 0.988. The number of rotatable bonds is 2. The molecule has 0 saturated heterocycles. The van der Waals surface area contributed by atoms with E-state index in [-0.39, 0.29) is 5.56 Å². The maximum atomic E-state index is 12.8. The van der Waals surface area contributed by atoms with E-state index < -0.39 is 0 Å². The highest BCUT2D eigenvalue weighted by molar-refractivity contribution is 7.25. The van der Waals surface area contributed by atoms with Crippen molar-refractivity contribution in [3.05, 3.63) is 46.5 Å². The van der Waals surface area contributed by atoms with E-state index in [1.807, 2.05) is 42.6 Å². The highest BCUT2D eigenvalue weighted by Gasteiger charge is 2.16. The van der Waals surface area contributed by atoms with Crippen molar-refractivity contribution in [2.75, 3.05) is 19.0 Å². The van der Waals surface area contributed by atoms with Crippen LogP contribution in [0.25, 0.3) is 25.4 Å². The summed E-state index contributed by atoms with van der Waals surface area (Å²) < 4.78 is 2.24. The minimum Gasteiger partial charge on any atom is -0.377 e. The lowest BCUT2D eigenvalue weighted by atomic mass is 10.2. The fourth-order valence-electron chi connectivity index (χ4n) is 2.47. The Kier molecular flexibility index (Phi) is 2.98. The largest absolute Gasteiger partial charge is 0.377 e. The fraction of sp³-hybridized carbons (Fsp3) is 0.133. The van der Waals surface area contributed by atoms with Crippen LogP contribution in [0.2, 0.25) is 0 Å². The van der Waals surface area contributed by atoms with E-state index >= 15 is 0 Å². The van der Waals surface area contributed by atoms with Crippen molar-refractivity contribution in [2.45, 2.75) is 0 Å². The molecule has 0 fully saturated rings. The molecular weight excluding hydrogens is 316 g/mol. The lowest BCUT2D eigenvalue weighted by Crippen LogP contribution is -2.16. The Balaban J connectivity index is 2.11. The van der Waals surface area contributed by atoms with Crippen molar-refractivity contribution in [1.82, 2.24) is 14.5 Å². The van der Waals surface area contributed by atoms with E-state index in [9.17, 15) is 4.79 Å². The second-order valence-electron chi connectivity index (χ2n) is 5.06. The summed E-state index contributed by atoms with van der Waals surface area (Å²) in [5.41, 5.74) is 1.71. The third-order valence-corrected chi connectivity index (χ3v) is 5.43. The molecule has 0 saturated carbocycles. The van der Waals surface area contributed by atoms with Crippen LogP contribution in [0.3, 0.4) is 0 Å². The quantitative estimate of drug-likeness (QED) is 0.567. The summed E-state index contributed by atoms with van der Waals surface area (Å²) in [6.45, 7) is 0. The Bertz CT molecular complexity index is 1030. The standard InChI is InChI=1S/C15H12N4OS2/c1-18(2)9-5-6-16-14-11(9)12-13(22-14)15(20)19(8-17-12)10-4-3-7-21-10/h3-8H,1-2H3. The maximum absolute atomic E-state index is 12.8. The number of pyridine rings is 1. The molecule has 4 heterocycles. The number of fused-ring (bicyclic) bond motifs is 3. The number of anilines is 1. The van der Waals surface area contributed by atoms with E-state index in [0.29, 0.717) is 4.70 Å². The average molecular weight is 328 g/mol. The van der Waals surface area contributed by atoms with Gasteiger partial charge in [-0.25, -0.2) is 9.97 Å². The number of nitrogens with zero attached hydrogens (tertiary/aromatic N) is 4. The smallest absolute Gasteiger partial charge is 0.276 e.